The highest BCUT2D eigenvalue weighted by Crippen LogP contribution is 2.19. The number of carbonyl (C=O) groups excluding carboxylic acids is 1. The second-order valence-corrected chi connectivity index (χ2v) is 5.57. The Bertz CT molecular complexity index is 261. The number of amides is 1. The van der Waals surface area contributed by atoms with Gasteiger partial charge in [0.05, 0.1) is 0 Å². The molecule has 0 aromatic carbocycles. The highest BCUT2D eigenvalue weighted by atomic mass is 16.2. The van der Waals surface area contributed by atoms with Crippen molar-refractivity contribution in [3.05, 3.63) is 0 Å². The van der Waals surface area contributed by atoms with Gasteiger partial charge >= 0.3 is 0 Å². The predicted octanol–water partition coefficient (Wildman–Crippen LogP) is 0.539. The molecule has 0 bridgehead atoms. The molecule has 0 aromatic rings. The fourth-order valence-electron chi connectivity index (χ4n) is 2.76. The SMILES string of the molecule is CC1CCCNC1CC(=O)N1CCN(C)CC1. The minimum Gasteiger partial charge on any atom is -0.340 e. The Morgan fingerprint density at radius 2 is 2.00 bits per heavy atom. The topological polar surface area (TPSA) is 35.6 Å². The highest BCUT2D eigenvalue weighted by molar-refractivity contribution is 5.77. The van der Waals surface area contributed by atoms with Crippen LogP contribution in [0.5, 0.6) is 0 Å². The molecule has 1 amide bonds. The molecule has 98 valence electrons. The summed E-state index contributed by atoms with van der Waals surface area (Å²) in [5, 5.41) is 3.49. The lowest BCUT2D eigenvalue weighted by molar-refractivity contribution is -0.133. The zero-order valence-corrected chi connectivity index (χ0v) is 11.1. The Hall–Kier alpha value is -0.610. The molecule has 4 heteroatoms. The molecule has 1 N–H and O–H groups in total. The number of nitrogens with zero attached hydrogens (tertiary/aromatic N) is 2. The summed E-state index contributed by atoms with van der Waals surface area (Å²) >= 11 is 0. The van der Waals surface area contributed by atoms with Crippen molar-refractivity contribution >= 4 is 5.91 Å². The van der Waals surface area contributed by atoms with Gasteiger partial charge in [-0.15, -0.1) is 0 Å². The van der Waals surface area contributed by atoms with Gasteiger partial charge in [-0.1, -0.05) is 6.92 Å². The van der Waals surface area contributed by atoms with Gasteiger partial charge < -0.3 is 15.1 Å². The summed E-state index contributed by atoms with van der Waals surface area (Å²) in [7, 11) is 2.12. The Kier molecular flexibility index (Phi) is 4.40. The van der Waals surface area contributed by atoms with Gasteiger partial charge in [0.25, 0.3) is 0 Å². The molecule has 4 nitrogen and oxygen atoms in total. The number of nitrogens with one attached hydrogen (secondary N) is 1. The van der Waals surface area contributed by atoms with Gasteiger partial charge in [0.15, 0.2) is 0 Å². The van der Waals surface area contributed by atoms with Gasteiger partial charge in [-0.05, 0) is 32.4 Å². The number of rotatable bonds is 2. The lowest BCUT2D eigenvalue weighted by atomic mass is 9.90. The Morgan fingerprint density at radius 1 is 1.29 bits per heavy atom. The maximum Gasteiger partial charge on any atom is 0.224 e. The smallest absolute Gasteiger partial charge is 0.224 e. The van der Waals surface area contributed by atoms with E-state index in [-0.39, 0.29) is 0 Å². The standard InChI is InChI=1S/C13H25N3O/c1-11-4-3-5-14-12(11)10-13(17)16-8-6-15(2)7-9-16/h11-12,14H,3-10H2,1-2H3. The Labute approximate surface area is 104 Å². The Balaban J connectivity index is 1.79. The van der Waals surface area contributed by atoms with Crippen LogP contribution in [0.15, 0.2) is 0 Å². The van der Waals surface area contributed by atoms with E-state index in [2.05, 4.69) is 24.2 Å². The molecule has 2 rings (SSSR count). The van der Waals surface area contributed by atoms with Gasteiger partial charge in [0, 0.05) is 38.6 Å². The molecule has 2 atom stereocenters. The Morgan fingerprint density at radius 3 is 2.65 bits per heavy atom. The summed E-state index contributed by atoms with van der Waals surface area (Å²) in [6, 6.07) is 0.399. The molecule has 0 radical (unpaired) electrons. The van der Waals surface area contributed by atoms with Crippen LogP contribution in [-0.4, -0.2) is 61.5 Å². The highest BCUT2D eigenvalue weighted by Gasteiger charge is 2.26. The van der Waals surface area contributed by atoms with Crippen molar-refractivity contribution in [1.29, 1.82) is 0 Å². The molecule has 0 aromatic heterocycles. The van der Waals surface area contributed by atoms with E-state index in [1.54, 1.807) is 0 Å². The van der Waals surface area contributed by atoms with E-state index in [0.717, 1.165) is 32.7 Å². The van der Waals surface area contributed by atoms with Gasteiger partial charge in [0.1, 0.15) is 0 Å². The maximum absolute atomic E-state index is 12.2. The molecule has 0 aliphatic carbocycles. The molecular weight excluding hydrogens is 214 g/mol. The summed E-state index contributed by atoms with van der Waals surface area (Å²) in [6.45, 7) is 7.16. The minimum absolute atomic E-state index is 0.337. The first-order valence-corrected chi connectivity index (χ1v) is 6.86. The largest absolute Gasteiger partial charge is 0.340 e. The summed E-state index contributed by atoms with van der Waals surface area (Å²) in [5.74, 6) is 0.976. The average Bonchev–Trinajstić information content (AvgIpc) is 2.33. The van der Waals surface area contributed by atoms with Crippen molar-refractivity contribution < 1.29 is 4.79 Å². The van der Waals surface area contributed by atoms with Crippen LogP contribution < -0.4 is 5.32 Å². The van der Waals surface area contributed by atoms with Gasteiger partial charge in [-0.2, -0.15) is 0 Å². The molecular formula is C13H25N3O. The normalized spacial score (nSPS) is 31.5. The number of piperidine rings is 1. The first-order valence-electron chi connectivity index (χ1n) is 6.86. The van der Waals surface area contributed by atoms with Crippen molar-refractivity contribution in [3.8, 4) is 0 Å². The third kappa shape index (κ3) is 3.42. The fraction of sp³-hybridized carbons (Fsp3) is 0.923. The molecule has 0 saturated carbocycles. The van der Waals surface area contributed by atoms with Gasteiger partial charge in [-0.3, -0.25) is 4.79 Å². The zero-order chi connectivity index (χ0) is 12.3. The molecule has 2 unspecified atom stereocenters. The number of piperazine rings is 1. The van der Waals surface area contributed by atoms with Crippen LogP contribution >= 0.6 is 0 Å². The van der Waals surface area contributed by atoms with Crippen molar-refractivity contribution in [2.24, 2.45) is 5.92 Å². The summed E-state index contributed by atoms with van der Waals surface area (Å²) < 4.78 is 0. The summed E-state index contributed by atoms with van der Waals surface area (Å²) in [4.78, 5) is 16.5. The fourth-order valence-corrected chi connectivity index (χ4v) is 2.76. The first-order chi connectivity index (χ1) is 8.16. The van der Waals surface area contributed by atoms with Crippen LogP contribution in [0, 0.1) is 5.92 Å². The molecule has 2 aliphatic rings. The van der Waals surface area contributed by atoms with Crippen LogP contribution in [0.1, 0.15) is 26.2 Å². The third-order valence-electron chi connectivity index (χ3n) is 4.18. The molecule has 2 heterocycles. The zero-order valence-electron chi connectivity index (χ0n) is 11.1. The number of carbonyl (C=O) groups is 1. The van der Waals surface area contributed by atoms with E-state index in [4.69, 9.17) is 0 Å². The van der Waals surface area contributed by atoms with Crippen molar-refractivity contribution in [1.82, 2.24) is 15.1 Å². The van der Waals surface area contributed by atoms with Crippen molar-refractivity contribution in [2.75, 3.05) is 39.8 Å². The maximum atomic E-state index is 12.2. The third-order valence-corrected chi connectivity index (χ3v) is 4.18. The van der Waals surface area contributed by atoms with Crippen LogP contribution in [0.25, 0.3) is 0 Å². The predicted molar refractivity (Wildman–Crippen MR) is 68.9 cm³/mol. The summed E-state index contributed by atoms with van der Waals surface area (Å²) in [5.41, 5.74) is 0. The number of hydrogen-bond donors (Lipinski definition) is 1. The van der Waals surface area contributed by atoms with Crippen molar-refractivity contribution in [2.45, 2.75) is 32.2 Å². The lowest BCUT2D eigenvalue weighted by Gasteiger charge is -2.35. The van der Waals surface area contributed by atoms with E-state index in [1.807, 2.05) is 4.90 Å². The average molecular weight is 239 g/mol. The van der Waals surface area contributed by atoms with Gasteiger partial charge in [-0.25, -0.2) is 0 Å². The van der Waals surface area contributed by atoms with Crippen molar-refractivity contribution in [3.63, 3.8) is 0 Å². The first kappa shape index (κ1) is 12.8. The monoisotopic (exact) mass is 239 g/mol. The lowest BCUT2D eigenvalue weighted by Crippen LogP contribution is -2.50. The molecule has 2 fully saturated rings. The van der Waals surface area contributed by atoms with E-state index in [9.17, 15) is 4.79 Å². The molecule has 17 heavy (non-hydrogen) atoms. The molecule has 2 aliphatic heterocycles. The molecule has 2 saturated heterocycles. The number of hydrogen-bond acceptors (Lipinski definition) is 3. The minimum atomic E-state index is 0.337. The van der Waals surface area contributed by atoms with E-state index in [1.165, 1.54) is 12.8 Å². The van der Waals surface area contributed by atoms with Crippen LogP contribution in [-0.2, 0) is 4.79 Å². The van der Waals surface area contributed by atoms with Crippen LogP contribution in [0.2, 0.25) is 0 Å². The second-order valence-electron chi connectivity index (χ2n) is 5.57. The number of likely N-dealkylation sites (N-methyl/N-ethyl adjacent to an activating group) is 1. The van der Waals surface area contributed by atoms with E-state index >= 15 is 0 Å². The summed E-state index contributed by atoms with van der Waals surface area (Å²) in [6.07, 6.45) is 3.19. The quantitative estimate of drug-likeness (QED) is 0.764. The van der Waals surface area contributed by atoms with E-state index in [0.29, 0.717) is 24.3 Å². The van der Waals surface area contributed by atoms with Crippen LogP contribution in [0.3, 0.4) is 0 Å². The second kappa shape index (κ2) is 5.83. The molecule has 0 spiro atoms. The van der Waals surface area contributed by atoms with E-state index < -0.39 is 0 Å². The van der Waals surface area contributed by atoms with Gasteiger partial charge in [0.2, 0.25) is 5.91 Å². The van der Waals surface area contributed by atoms with Crippen LogP contribution in [0.4, 0.5) is 0 Å².